The second-order valence-electron chi connectivity index (χ2n) is 10.5. The summed E-state index contributed by atoms with van der Waals surface area (Å²) in [5.74, 6) is 0.483. The third-order valence-corrected chi connectivity index (χ3v) is 9.64. The van der Waals surface area contributed by atoms with Crippen LogP contribution in [0.25, 0.3) is 44.3 Å². The molecule has 5 aromatic rings. The summed E-state index contributed by atoms with van der Waals surface area (Å²) in [4.78, 5) is 24.8. The Morgan fingerprint density at radius 1 is 1.00 bits per heavy atom. The van der Waals surface area contributed by atoms with Crippen molar-refractivity contribution < 1.29 is 9.21 Å². The van der Waals surface area contributed by atoms with Crippen molar-refractivity contribution in [1.82, 2.24) is 14.9 Å². The molecule has 7 heteroatoms. The van der Waals surface area contributed by atoms with Crippen LogP contribution in [0, 0.1) is 13.8 Å². The van der Waals surface area contributed by atoms with Crippen molar-refractivity contribution in [3.05, 3.63) is 80.8 Å². The normalized spacial score (nSPS) is 15.1. The zero-order valence-electron chi connectivity index (χ0n) is 22.1. The van der Waals surface area contributed by atoms with Crippen molar-refractivity contribution in [3.8, 4) is 33.2 Å². The maximum absolute atomic E-state index is 11.3. The van der Waals surface area contributed by atoms with E-state index < -0.39 is 0 Å². The van der Waals surface area contributed by atoms with Crippen LogP contribution in [-0.2, 0) is 12.0 Å². The standard InChI is InChI=1S/C31H28ClN3O2S/c1-17-20(8-6-10-22(17)29-33-26-15-19(16-36)14-24(32)27(26)37-29)21-9-7-11-23(18(21)2)30-34-25-12-13-35(5)31(3,4)28(25)38-30/h6-11,14-16H,12-13H2,1-5H3. The SMILES string of the molecule is Cc1c(-c2nc3cc(C=O)cc(Cl)c3o2)cccc1-c1cccc(-c2nc3c(s2)C(C)(C)N(C)CC3)c1C. The van der Waals surface area contributed by atoms with E-state index in [1.165, 1.54) is 21.7 Å². The largest absolute Gasteiger partial charge is 0.434 e. The van der Waals surface area contributed by atoms with Gasteiger partial charge in [0.15, 0.2) is 5.58 Å². The summed E-state index contributed by atoms with van der Waals surface area (Å²) in [6.45, 7) is 9.85. The topological polar surface area (TPSA) is 59.2 Å². The van der Waals surface area contributed by atoms with Gasteiger partial charge in [0.05, 0.1) is 16.3 Å². The van der Waals surface area contributed by atoms with E-state index in [9.17, 15) is 4.79 Å². The highest BCUT2D eigenvalue weighted by Crippen LogP contribution is 2.43. The Hall–Kier alpha value is -3.32. The molecule has 0 saturated carbocycles. The summed E-state index contributed by atoms with van der Waals surface area (Å²) in [5, 5.41) is 1.45. The van der Waals surface area contributed by atoms with Gasteiger partial charge >= 0.3 is 0 Å². The zero-order valence-corrected chi connectivity index (χ0v) is 23.6. The average Bonchev–Trinajstić information content (AvgIpc) is 3.53. The van der Waals surface area contributed by atoms with Crippen molar-refractivity contribution >= 4 is 40.3 Å². The molecule has 3 aromatic carbocycles. The van der Waals surface area contributed by atoms with Gasteiger partial charge in [0.1, 0.15) is 16.8 Å². The van der Waals surface area contributed by atoms with Crippen LogP contribution in [0.15, 0.2) is 52.9 Å². The fourth-order valence-corrected chi connectivity index (χ4v) is 6.97. The molecule has 0 N–H and O–H groups in total. The monoisotopic (exact) mass is 541 g/mol. The number of aromatic nitrogens is 2. The molecule has 0 fully saturated rings. The number of hydrogen-bond donors (Lipinski definition) is 0. The van der Waals surface area contributed by atoms with Gasteiger partial charge in [-0.1, -0.05) is 41.9 Å². The highest BCUT2D eigenvalue weighted by atomic mass is 35.5. The summed E-state index contributed by atoms with van der Waals surface area (Å²) in [6, 6.07) is 15.9. The molecule has 0 saturated heterocycles. The molecule has 0 bridgehead atoms. The molecule has 0 unspecified atom stereocenters. The minimum absolute atomic E-state index is 0.0189. The molecule has 1 aliphatic heterocycles. The Bertz CT molecular complexity index is 1730. The van der Waals surface area contributed by atoms with Crippen molar-refractivity contribution in [2.45, 2.75) is 39.7 Å². The van der Waals surface area contributed by atoms with Gasteiger partial charge in [-0.2, -0.15) is 0 Å². The second kappa shape index (κ2) is 9.16. The van der Waals surface area contributed by atoms with Crippen LogP contribution in [0.3, 0.4) is 0 Å². The van der Waals surface area contributed by atoms with Gasteiger partial charge < -0.3 is 4.42 Å². The number of oxazole rings is 1. The lowest BCUT2D eigenvalue weighted by atomic mass is 9.91. The summed E-state index contributed by atoms with van der Waals surface area (Å²) in [6.07, 6.45) is 1.74. The van der Waals surface area contributed by atoms with Gasteiger partial charge in [-0.25, -0.2) is 9.97 Å². The van der Waals surface area contributed by atoms with Gasteiger partial charge in [0.2, 0.25) is 5.89 Å². The van der Waals surface area contributed by atoms with Crippen molar-refractivity contribution in [3.63, 3.8) is 0 Å². The van der Waals surface area contributed by atoms with Crippen LogP contribution >= 0.6 is 22.9 Å². The van der Waals surface area contributed by atoms with Crippen LogP contribution in [-0.4, -0.2) is 34.7 Å². The Kier molecular flexibility index (Phi) is 6.02. The summed E-state index contributed by atoms with van der Waals surface area (Å²) in [5.41, 5.74) is 9.32. The molecular weight excluding hydrogens is 514 g/mol. The predicted molar refractivity (Wildman–Crippen MR) is 155 cm³/mol. The summed E-state index contributed by atoms with van der Waals surface area (Å²) >= 11 is 8.18. The molecule has 0 atom stereocenters. The molecule has 1 aliphatic rings. The molecule has 6 rings (SSSR count). The van der Waals surface area contributed by atoms with Crippen LogP contribution < -0.4 is 0 Å². The number of fused-ring (bicyclic) bond motifs is 2. The molecule has 0 spiro atoms. The number of carbonyl (C=O) groups excluding carboxylic acids is 1. The molecular formula is C31H28ClN3O2S. The van der Waals surface area contributed by atoms with Gasteiger partial charge in [-0.05, 0) is 75.2 Å². The van der Waals surface area contributed by atoms with Gasteiger partial charge in [-0.15, -0.1) is 11.3 Å². The van der Waals surface area contributed by atoms with Crippen LogP contribution in [0.4, 0.5) is 0 Å². The minimum Gasteiger partial charge on any atom is -0.434 e. The molecule has 192 valence electrons. The van der Waals surface area contributed by atoms with Crippen LogP contribution in [0.2, 0.25) is 5.02 Å². The van der Waals surface area contributed by atoms with E-state index >= 15 is 0 Å². The molecule has 38 heavy (non-hydrogen) atoms. The first kappa shape index (κ1) is 25.0. The third kappa shape index (κ3) is 3.90. The van der Waals surface area contributed by atoms with Crippen molar-refractivity contribution in [2.24, 2.45) is 0 Å². The molecule has 0 radical (unpaired) electrons. The lowest BCUT2D eigenvalue weighted by molar-refractivity contribution is 0.112. The van der Waals surface area contributed by atoms with Gasteiger partial charge in [0.25, 0.3) is 0 Å². The number of carbonyl (C=O) groups is 1. The number of benzene rings is 3. The fraction of sp³-hybridized carbons (Fsp3) is 0.258. The summed E-state index contributed by atoms with van der Waals surface area (Å²) < 4.78 is 6.08. The first-order chi connectivity index (χ1) is 18.2. The maximum Gasteiger partial charge on any atom is 0.227 e. The number of hydrogen-bond acceptors (Lipinski definition) is 6. The first-order valence-electron chi connectivity index (χ1n) is 12.7. The van der Waals surface area contributed by atoms with Crippen LogP contribution in [0.1, 0.15) is 45.9 Å². The van der Waals surface area contributed by atoms with Crippen LogP contribution in [0.5, 0.6) is 0 Å². The molecule has 0 amide bonds. The second-order valence-corrected chi connectivity index (χ2v) is 11.9. The quantitative estimate of drug-likeness (QED) is 0.215. The Morgan fingerprint density at radius 3 is 2.37 bits per heavy atom. The number of halogens is 1. The minimum atomic E-state index is -0.0189. The average molecular weight is 542 g/mol. The van der Waals surface area contributed by atoms with E-state index in [-0.39, 0.29) is 5.54 Å². The number of rotatable bonds is 4. The highest BCUT2D eigenvalue weighted by Gasteiger charge is 2.35. The highest BCUT2D eigenvalue weighted by molar-refractivity contribution is 7.15. The predicted octanol–water partition coefficient (Wildman–Crippen LogP) is 8.09. The number of nitrogens with zero attached hydrogens (tertiary/aromatic N) is 3. The van der Waals surface area contributed by atoms with E-state index in [2.05, 4.69) is 68.9 Å². The molecule has 0 aliphatic carbocycles. The number of likely N-dealkylation sites (N-methyl/N-ethyl adjacent to an activating group) is 1. The zero-order chi connectivity index (χ0) is 26.8. The lowest BCUT2D eigenvalue weighted by Crippen LogP contribution is -2.43. The smallest absolute Gasteiger partial charge is 0.227 e. The molecule has 5 nitrogen and oxygen atoms in total. The van der Waals surface area contributed by atoms with Gasteiger partial charge in [-0.3, -0.25) is 9.69 Å². The first-order valence-corrected chi connectivity index (χ1v) is 13.9. The fourth-order valence-electron chi connectivity index (χ4n) is 5.35. The van der Waals surface area contributed by atoms with E-state index in [1.807, 2.05) is 23.5 Å². The van der Waals surface area contributed by atoms with E-state index in [0.29, 0.717) is 27.6 Å². The number of aldehydes is 1. The van der Waals surface area contributed by atoms with E-state index in [1.54, 1.807) is 12.1 Å². The van der Waals surface area contributed by atoms with Gasteiger partial charge in [0, 0.05) is 34.5 Å². The lowest BCUT2D eigenvalue weighted by Gasteiger charge is -2.38. The Morgan fingerprint density at radius 2 is 1.66 bits per heavy atom. The van der Waals surface area contributed by atoms with E-state index in [4.69, 9.17) is 21.0 Å². The van der Waals surface area contributed by atoms with Crippen molar-refractivity contribution in [2.75, 3.05) is 13.6 Å². The Balaban J connectivity index is 1.44. The number of thiazole rings is 1. The molecule has 2 aromatic heterocycles. The van der Waals surface area contributed by atoms with E-state index in [0.717, 1.165) is 46.5 Å². The maximum atomic E-state index is 11.3. The Labute approximate surface area is 231 Å². The summed E-state index contributed by atoms with van der Waals surface area (Å²) in [7, 11) is 2.19. The third-order valence-electron chi connectivity index (χ3n) is 7.91. The molecule has 3 heterocycles. The van der Waals surface area contributed by atoms with Crippen molar-refractivity contribution in [1.29, 1.82) is 0 Å².